The lowest BCUT2D eigenvalue weighted by molar-refractivity contribution is -0.142. The normalized spacial score (nSPS) is 11.2. The Labute approximate surface area is 152 Å². The second kappa shape index (κ2) is 8.77. The van der Waals surface area contributed by atoms with Gasteiger partial charge in [0.05, 0.1) is 4.90 Å². The molecule has 2 aromatic carbocycles. The van der Waals surface area contributed by atoms with Gasteiger partial charge in [0.1, 0.15) is 31.3 Å². The van der Waals surface area contributed by atoms with Gasteiger partial charge in [-0.25, -0.2) is 12.8 Å². The van der Waals surface area contributed by atoms with Crippen molar-refractivity contribution in [3.63, 3.8) is 0 Å². The van der Waals surface area contributed by atoms with Gasteiger partial charge in [-0.15, -0.1) is 0 Å². The van der Waals surface area contributed by atoms with Crippen molar-refractivity contribution in [1.29, 1.82) is 0 Å². The number of esters is 1. The topological polar surface area (TPSA) is 81.7 Å². The number of halogens is 1. The van der Waals surface area contributed by atoms with E-state index in [1.807, 2.05) is 6.07 Å². The van der Waals surface area contributed by atoms with Gasteiger partial charge in [0, 0.05) is 0 Å². The fourth-order valence-corrected chi connectivity index (χ4v) is 3.42. The molecule has 0 aliphatic carbocycles. The first kappa shape index (κ1) is 19.9. The number of aryl methyl sites for hydroxylation is 2. The monoisotopic (exact) mass is 381 g/mol. The molecule has 1 N–H and O–H groups in total. The summed E-state index contributed by atoms with van der Waals surface area (Å²) in [6, 6.07) is 10.5. The molecular formula is C18H20FNO5S. The highest BCUT2D eigenvalue weighted by atomic mass is 32.2. The van der Waals surface area contributed by atoms with E-state index >= 15 is 0 Å². The summed E-state index contributed by atoms with van der Waals surface area (Å²) in [7, 11) is -3.80. The largest absolute Gasteiger partial charge is 0.490 e. The summed E-state index contributed by atoms with van der Waals surface area (Å²) in [6.45, 7) is 3.00. The van der Waals surface area contributed by atoms with Crippen molar-refractivity contribution in [2.75, 3.05) is 19.8 Å². The first-order valence-electron chi connectivity index (χ1n) is 7.89. The molecule has 140 valence electrons. The highest BCUT2D eigenvalue weighted by molar-refractivity contribution is 7.89. The fraction of sp³-hybridized carbons (Fsp3) is 0.278. The third-order valence-electron chi connectivity index (χ3n) is 3.47. The van der Waals surface area contributed by atoms with Crippen molar-refractivity contribution in [3.05, 3.63) is 59.4 Å². The number of hydrogen-bond donors (Lipinski definition) is 1. The summed E-state index contributed by atoms with van der Waals surface area (Å²) in [6.07, 6.45) is 0. The first-order chi connectivity index (χ1) is 12.3. The van der Waals surface area contributed by atoms with Crippen LogP contribution in [0.2, 0.25) is 0 Å². The lowest BCUT2D eigenvalue weighted by Gasteiger charge is -2.10. The molecule has 0 fully saturated rings. The van der Waals surface area contributed by atoms with Gasteiger partial charge in [0.25, 0.3) is 0 Å². The molecule has 0 atom stereocenters. The SMILES string of the molecule is Cc1ccc(C)c(S(=O)(=O)NCC(=O)OCCOc2ccc(F)cc2)c1. The van der Waals surface area contributed by atoms with E-state index in [9.17, 15) is 17.6 Å². The minimum absolute atomic E-state index is 0.0542. The number of sulfonamides is 1. The van der Waals surface area contributed by atoms with E-state index in [1.54, 1.807) is 26.0 Å². The summed E-state index contributed by atoms with van der Waals surface area (Å²) in [5.74, 6) is -0.653. The van der Waals surface area contributed by atoms with Crippen LogP contribution in [0.1, 0.15) is 11.1 Å². The molecule has 0 aliphatic heterocycles. The number of ether oxygens (including phenoxy) is 2. The molecule has 26 heavy (non-hydrogen) atoms. The summed E-state index contributed by atoms with van der Waals surface area (Å²) < 4.78 is 49.7. The van der Waals surface area contributed by atoms with E-state index in [0.29, 0.717) is 11.3 Å². The second-order valence-corrected chi connectivity index (χ2v) is 7.35. The van der Waals surface area contributed by atoms with Gasteiger partial charge in [0.15, 0.2) is 0 Å². The van der Waals surface area contributed by atoms with Gasteiger partial charge < -0.3 is 9.47 Å². The van der Waals surface area contributed by atoms with Crippen LogP contribution in [-0.4, -0.2) is 34.1 Å². The molecule has 0 spiro atoms. The van der Waals surface area contributed by atoms with Crippen LogP contribution >= 0.6 is 0 Å². The molecule has 0 unspecified atom stereocenters. The number of carbonyl (C=O) groups excluding carboxylic acids is 1. The molecule has 0 aliphatic rings. The lowest BCUT2D eigenvalue weighted by Crippen LogP contribution is -2.31. The van der Waals surface area contributed by atoms with Crippen molar-refractivity contribution >= 4 is 16.0 Å². The maximum absolute atomic E-state index is 12.8. The van der Waals surface area contributed by atoms with Gasteiger partial charge in [-0.1, -0.05) is 12.1 Å². The first-order valence-corrected chi connectivity index (χ1v) is 9.37. The summed E-state index contributed by atoms with van der Waals surface area (Å²) in [5.41, 5.74) is 1.39. The van der Waals surface area contributed by atoms with Gasteiger partial charge >= 0.3 is 5.97 Å². The van der Waals surface area contributed by atoms with Gasteiger partial charge in [-0.2, -0.15) is 4.72 Å². The van der Waals surface area contributed by atoms with E-state index in [2.05, 4.69) is 4.72 Å². The summed E-state index contributed by atoms with van der Waals surface area (Å²) in [5, 5.41) is 0. The molecule has 2 aromatic rings. The number of hydrogen-bond acceptors (Lipinski definition) is 5. The number of benzene rings is 2. The van der Waals surface area contributed by atoms with Crippen LogP contribution in [0.15, 0.2) is 47.4 Å². The Balaban J connectivity index is 1.77. The van der Waals surface area contributed by atoms with E-state index in [1.165, 1.54) is 24.3 Å². The molecule has 8 heteroatoms. The van der Waals surface area contributed by atoms with E-state index in [4.69, 9.17) is 9.47 Å². The van der Waals surface area contributed by atoms with Crippen LogP contribution < -0.4 is 9.46 Å². The Morgan fingerprint density at radius 1 is 1.08 bits per heavy atom. The smallest absolute Gasteiger partial charge is 0.321 e. The molecule has 0 saturated carbocycles. The average molecular weight is 381 g/mol. The summed E-state index contributed by atoms with van der Waals surface area (Å²) >= 11 is 0. The predicted octanol–water partition coefficient (Wildman–Crippen LogP) is 2.34. The van der Waals surface area contributed by atoms with Crippen molar-refractivity contribution in [2.24, 2.45) is 0 Å². The lowest BCUT2D eigenvalue weighted by atomic mass is 10.2. The third-order valence-corrected chi connectivity index (χ3v) is 5.01. The number of nitrogens with one attached hydrogen (secondary N) is 1. The molecule has 0 bridgehead atoms. The van der Waals surface area contributed by atoms with Crippen LogP contribution in [0.25, 0.3) is 0 Å². The fourth-order valence-electron chi connectivity index (χ4n) is 2.13. The highest BCUT2D eigenvalue weighted by Crippen LogP contribution is 2.16. The van der Waals surface area contributed by atoms with Crippen molar-refractivity contribution < 1.29 is 27.1 Å². The predicted molar refractivity (Wildman–Crippen MR) is 94.0 cm³/mol. The van der Waals surface area contributed by atoms with E-state index in [-0.39, 0.29) is 23.9 Å². The molecular weight excluding hydrogens is 361 g/mol. The zero-order valence-electron chi connectivity index (χ0n) is 14.5. The van der Waals surface area contributed by atoms with Crippen LogP contribution in [0.5, 0.6) is 5.75 Å². The van der Waals surface area contributed by atoms with Crippen molar-refractivity contribution in [2.45, 2.75) is 18.7 Å². The van der Waals surface area contributed by atoms with E-state index in [0.717, 1.165) is 5.56 Å². The molecule has 0 radical (unpaired) electrons. The Hall–Kier alpha value is -2.45. The molecule has 0 heterocycles. The molecule has 0 aromatic heterocycles. The Morgan fingerprint density at radius 3 is 2.46 bits per heavy atom. The minimum Gasteiger partial charge on any atom is -0.490 e. The van der Waals surface area contributed by atoms with Crippen molar-refractivity contribution in [3.8, 4) is 5.75 Å². The maximum atomic E-state index is 12.8. The minimum atomic E-state index is -3.80. The zero-order chi connectivity index (χ0) is 19.2. The van der Waals surface area contributed by atoms with Crippen LogP contribution in [-0.2, 0) is 19.6 Å². The number of carbonyl (C=O) groups is 1. The Kier molecular flexibility index (Phi) is 6.70. The maximum Gasteiger partial charge on any atom is 0.321 e. The molecule has 0 saturated heterocycles. The Bertz CT molecular complexity index is 866. The molecule has 0 amide bonds. The summed E-state index contributed by atoms with van der Waals surface area (Å²) in [4.78, 5) is 11.8. The van der Waals surface area contributed by atoms with Crippen LogP contribution in [0.4, 0.5) is 4.39 Å². The van der Waals surface area contributed by atoms with Gasteiger partial charge in [-0.05, 0) is 55.3 Å². The molecule has 6 nitrogen and oxygen atoms in total. The molecule has 2 rings (SSSR count). The van der Waals surface area contributed by atoms with Gasteiger partial charge in [0.2, 0.25) is 10.0 Å². The average Bonchev–Trinajstić information content (AvgIpc) is 2.60. The van der Waals surface area contributed by atoms with E-state index < -0.39 is 22.5 Å². The van der Waals surface area contributed by atoms with Crippen LogP contribution in [0, 0.1) is 19.7 Å². The second-order valence-electron chi connectivity index (χ2n) is 5.62. The number of rotatable bonds is 8. The standard InChI is InChI=1S/C18H20FNO5S/c1-13-3-4-14(2)17(11-13)26(22,23)20-12-18(21)25-10-9-24-16-7-5-15(19)6-8-16/h3-8,11,20H,9-10,12H2,1-2H3. The zero-order valence-corrected chi connectivity index (χ0v) is 15.3. The van der Waals surface area contributed by atoms with Crippen molar-refractivity contribution in [1.82, 2.24) is 4.72 Å². The van der Waals surface area contributed by atoms with Crippen LogP contribution in [0.3, 0.4) is 0 Å². The quantitative estimate of drug-likeness (QED) is 0.561. The third kappa shape index (κ3) is 5.82. The Morgan fingerprint density at radius 2 is 1.77 bits per heavy atom. The van der Waals surface area contributed by atoms with Gasteiger partial charge in [-0.3, -0.25) is 4.79 Å². The highest BCUT2D eigenvalue weighted by Gasteiger charge is 2.18.